The van der Waals surface area contributed by atoms with Crippen LogP contribution in [0.4, 0.5) is 0 Å². The Bertz CT molecular complexity index is 577. The number of carbonyl (C=O) groups is 4. The maximum absolute atomic E-state index is 12.6. The minimum absolute atomic E-state index is 0.0700. The Balaban J connectivity index is 1.70. The van der Waals surface area contributed by atoms with E-state index in [0.717, 1.165) is 51.9 Å². The molecule has 0 aromatic carbocycles. The van der Waals surface area contributed by atoms with Crippen LogP contribution >= 0.6 is 0 Å². The molecule has 8 heteroatoms. The van der Waals surface area contributed by atoms with E-state index in [-0.39, 0.29) is 48.6 Å². The molecule has 2 heterocycles. The molecule has 0 aromatic rings. The monoisotopic (exact) mass is 422 g/mol. The van der Waals surface area contributed by atoms with Crippen LogP contribution in [0.3, 0.4) is 0 Å². The average molecular weight is 423 g/mol. The molecule has 2 unspecified atom stereocenters. The Kier molecular flexibility index (Phi) is 9.42. The van der Waals surface area contributed by atoms with Crippen molar-refractivity contribution in [3.05, 3.63) is 0 Å². The summed E-state index contributed by atoms with van der Waals surface area (Å²) in [5.74, 6) is -0.293. The molecule has 170 valence electrons. The van der Waals surface area contributed by atoms with Gasteiger partial charge in [-0.2, -0.15) is 0 Å². The number of nitrogens with zero attached hydrogens (tertiary/aromatic N) is 4. The van der Waals surface area contributed by atoms with E-state index in [1.54, 1.807) is 0 Å². The molecular formula is C22H38N4O4. The van der Waals surface area contributed by atoms with Gasteiger partial charge in [0.05, 0.1) is 24.9 Å². The van der Waals surface area contributed by atoms with E-state index in [4.69, 9.17) is 0 Å². The van der Waals surface area contributed by atoms with Crippen LogP contribution in [0.2, 0.25) is 0 Å². The quantitative estimate of drug-likeness (QED) is 0.330. The van der Waals surface area contributed by atoms with Crippen LogP contribution in [0, 0.1) is 0 Å². The summed E-state index contributed by atoms with van der Waals surface area (Å²) >= 11 is 0. The van der Waals surface area contributed by atoms with Gasteiger partial charge in [0, 0.05) is 13.1 Å². The Hall–Kier alpha value is -1.80. The van der Waals surface area contributed by atoms with E-state index < -0.39 is 0 Å². The van der Waals surface area contributed by atoms with E-state index in [1.807, 2.05) is 37.5 Å². The van der Waals surface area contributed by atoms with Gasteiger partial charge in [0.1, 0.15) is 0 Å². The standard InChI is InChI=1S/C22H38N4O4/c1-5-23(6-2)17-15-19(27)25(21(17)29)13-11-9-10-12-14-26-20(28)16-18(22(26)30)24(7-3)8-4/h17-18H,5-16H2,1-4H3. The molecule has 30 heavy (non-hydrogen) atoms. The first-order valence-corrected chi connectivity index (χ1v) is 11.6. The summed E-state index contributed by atoms with van der Waals surface area (Å²) in [4.78, 5) is 56.5. The van der Waals surface area contributed by atoms with E-state index in [9.17, 15) is 19.2 Å². The molecule has 2 atom stereocenters. The fourth-order valence-electron chi connectivity index (χ4n) is 4.59. The van der Waals surface area contributed by atoms with Gasteiger partial charge in [0.25, 0.3) is 0 Å². The molecule has 0 N–H and O–H groups in total. The highest BCUT2D eigenvalue weighted by Crippen LogP contribution is 2.21. The number of amides is 4. The summed E-state index contributed by atoms with van der Waals surface area (Å²) < 4.78 is 0. The number of likely N-dealkylation sites (tertiary alicyclic amines) is 2. The Labute approximate surface area is 180 Å². The molecule has 0 spiro atoms. The zero-order chi connectivity index (χ0) is 22.3. The molecular weight excluding hydrogens is 384 g/mol. The van der Waals surface area contributed by atoms with Gasteiger partial charge in [-0.3, -0.25) is 38.8 Å². The van der Waals surface area contributed by atoms with Gasteiger partial charge in [-0.15, -0.1) is 0 Å². The lowest BCUT2D eigenvalue weighted by molar-refractivity contribution is -0.141. The molecule has 0 aliphatic carbocycles. The predicted molar refractivity (Wildman–Crippen MR) is 115 cm³/mol. The normalized spacial score (nSPS) is 22.5. The summed E-state index contributed by atoms with van der Waals surface area (Å²) in [6.45, 7) is 12.0. The van der Waals surface area contributed by atoms with Crippen molar-refractivity contribution in [1.82, 2.24) is 19.6 Å². The zero-order valence-corrected chi connectivity index (χ0v) is 19.1. The Morgan fingerprint density at radius 3 is 1.27 bits per heavy atom. The smallest absolute Gasteiger partial charge is 0.247 e. The van der Waals surface area contributed by atoms with Crippen LogP contribution in [0.15, 0.2) is 0 Å². The van der Waals surface area contributed by atoms with Gasteiger partial charge >= 0.3 is 0 Å². The van der Waals surface area contributed by atoms with Crippen LogP contribution < -0.4 is 0 Å². The maximum Gasteiger partial charge on any atom is 0.247 e. The van der Waals surface area contributed by atoms with Crippen molar-refractivity contribution >= 4 is 23.6 Å². The second kappa shape index (κ2) is 11.6. The number of unbranched alkanes of at least 4 members (excludes halogenated alkanes) is 3. The lowest BCUT2D eigenvalue weighted by Crippen LogP contribution is -2.42. The number of hydrogen-bond acceptors (Lipinski definition) is 6. The molecule has 2 rings (SSSR count). The van der Waals surface area contributed by atoms with E-state index >= 15 is 0 Å². The minimum Gasteiger partial charge on any atom is -0.292 e. The highest BCUT2D eigenvalue weighted by Gasteiger charge is 2.41. The molecule has 0 saturated carbocycles. The van der Waals surface area contributed by atoms with Crippen LogP contribution in [0.25, 0.3) is 0 Å². The molecule has 0 radical (unpaired) electrons. The molecule has 2 aliphatic heterocycles. The number of carbonyl (C=O) groups excluding carboxylic acids is 4. The summed E-state index contributed by atoms with van der Waals surface area (Å²) in [6, 6.07) is -0.614. The fraction of sp³-hybridized carbons (Fsp3) is 0.818. The predicted octanol–water partition coefficient (Wildman–Crippen LogP) is 1.49. The third kappa shape index (κ3) is 5.46. The van der Waals surface area contributed by atoms with Crippen LogP contribution in [0.5, 0.6) is 0 Å². The zero-order valence-electron chi connectivity index (χ0n) is 19.1. The first-order chi connectivity index (χ1) is 14.4. The maximum atomic E-state index is 12.6. The van der Waals surface area contributed by atoms with Crippen molar-refractivity contribution in [1.29, 1.82) is 0 Å². The SMILES string of the molecule is CCN(CC)C1CC(=O)N(CCCCCCN2C(=O)CC(N(CC)CC)C2=O)C1=O. The Morgan fingerprint density at radius 2 is 0.967 bits per heavy atom. The van der Waals surface area contributed by atoms with Crippen LogP contribution in [-0.4, -0.2) is 94.6 Å². The number of hydrogen-bond donors (Lipinski definition) is 0. The first kappa shape index (κ1) is 24.5. The third-order valence-electron chi connectivity index (χ3n) is 6.46. The van der Waals surface area contributed by atoms with Crippen molar-refractivity contribution in [3.63, 3.8) is 0 Å². The largest absolute Gasteiger partial charge is 0.292 e. The summed E-state index contributed by atoms with van der Waals surface area (Å²) in [5.41, 5.74) is 0. The molecule has 2 fully saturated rings. The molecule has 4 amide bonds. The number of imide groups is 2. The lowest BCUT2D eigenvalue weighted by atomic mass is 10.2. The van der Waals surface area contributed by atoms with Crippen molar-refractivity contribution in [2.45, 2.75) is 78.3 Å². The third-order valence-corrected chi connectivity index (χ3v) is 6.46. The van der Waals surface area contributed by atoms with Crippen LogP contribution in [-0.2, 0) is 19.2 Å². The van der Waals surface area contributed by atoms with Crippen molar-refractivity contribution in [2.75, 3.05) is 39.3 Å². The molecule has 8 nitrogen and oxygen atoms in total. The second-order valence-electron chi connectivity index (χ2n) is 8.06. The highest BCUT2D eigenvalue weighted by atomic mass is 16.2. The average Bonchev–Trinajstić information content (AvgIpc) is 3.17. The first-order valence-electron chi connectivity index (χ1n) is 11.6. The topological polar surface area (TPSA) is 81.2 Å². The summed E-state index contributed by atoms with van der Waals surface area (Å²) in [6.07, 6.45) is 3.81. The van der Waals surface area contributed by atoms with Gasteiger partial charge < -0.3 is 0 Å². The van der Waals surface area contributed by atoms with Gasteiger partial charge in [0.15, 0.2) is 0 Å². The molecule has 2 saturated heterocycles. The molecule has 2 aliphatic rings. The van der Waals surface area contributed by atoms with Crippen molar-refractivity contribution in [3.8, 4) is 0 Å². The highest BCUT2D eigenvalue weighted by molar-refractivity contribution is 6.06. The van der Waals surface area contributed by atoms with E-state index in [0.29, 0.717) is 13.1 Å². The Morgan fingerprint density at radius 1 is 0.633 bits per heavy atom. The summed E-state index contributed by atoms with van der Waals surface area (Å²) in [7, 11) is 0. The second-order valence-corrected chi connectivity index (χ2v) is 8.06. The lowest BCUT2D eigenvalue weighted by Gasteiger charge is -2.24. The van der Waals surface area contributed by atoms with Crippen LogP contribution in [0.1, 0.15) is 66.2 Å². The molecule has 0 aromatic heterocycles. The van der Waals surface area contributed by atoms with Gasteiger partial charge in [0.2, 0.25) is 23.6 Å². The van der Waals surface area contributed by atoms with Gasteiger partial charge in [-0.1, -0.05) is 40.5 Å². The van der Waals surface area contributed by atoms with Crippen molar-refractivity contribution < 1.29 is 19.2 Å². The number of rotatable bonds is 13. The molecule has 0 bridgehead atoms. The van der Waals surface area contributed by atoms with Crippen molar-refractivity contribution in [2.24, 2.45) is 0 Å². The van der Waals surface area contributed by atoms with Gasteiger partial charge in [-0.05, 0) is 39.0 Å². The van der Waals surface area contributed by atoms with E-state index in [2.05, 4.69) is 0 Å². The fourth-order valence-corrected chi connectivity index (χ4v) is 4.59. The number of likely N-dealkylation sites (N-methyl/N-ethyl adjacent to an activating group) is 2. The van der Waals surface area contributed by atoms with Gasteiger partial charge in [-0.25, -0.2) is 0 Å². The summed E-state index contributed by atoms with van der Waals surface area (Å²) in [5, 5.41) is 0. The minimum atomic E-state index is -0.307. The van der Waals surface area contributed by atoms with E-state index in [1.165, 1.54) is 9.80 Å².